The number of fused-ring (bicyclic) bond motifs is 1. The number of benzene rings is 2. The van der Waals surface area contributed by atoms with Crippen LogP contribution in [0.25, 0.3) is 10.9 Å². The number of amides is 2. The summed E-state index contributed by atoms with van der Waals surface area (Å²) in [5.41, 5.74) is 2.03. The van der Waals surface area contributed by atoms with Crippen molar-refractivity contribution in [1.82, 2.24) is 15.6 Å². The lowest BCUT2D eigenvalue weighted by Crippen LogP contribution is -2.50. The number of halogens is 1. The van der Waals surface area contributed by atoms with E-state index in [9.17, 15) is 14.0 Å². The zero-order valence-electron chi connectivity index (χ0n) is 18.6. The van der Waals surface area contributed by atoms with Gasteiger partial charge in [0.05, 0.1) is 14.2 Å². The van der Waals surface area contributed by atoms with E-state index in [4.69, 9.17) is 9.47 Å². The van der Waals surface area contributed by atoms with Gasteiger partial charge in [-0.15, -0.1) is 0 Å². The van der Waals surface area contributed by atoms with Crippen molar-refractivity contribution in [2.75, 3.05) is 20.8 Å². The molecule has 7 nitrogen and oxygen atoms in total. The Morgan fingerprint density at radius 2 is 1.75 bits per heavy atom. The Labute approximate surface area is 186 Å². The van der Waals surface area contributed by atoms with Crippen LogP contribution < -0.4 is 20.1 Å². The van der Waals surface area contributed by atoms with Gasteiger partial charge in [0.1, 0.15) is 23.4 Å². The van der Waals surface area contributed by atoms with E-state index in [0.717, 1.165) is 10.9 Å². The van der Waals surface area contributed by atoms with Crippen LogP contribution >= 0.6 is 0 Å². The second kappa shape index (κ2) is 10.2. The number of aromatic nitrogens is 1. The molecule has 2 aromatic carbocycles. The maximum absolute atomic E-state index is 13.4. The standard InChI is InChI=1S/C24H28FN3O4/c1-14(2)22(28-23(29)16-9-18(31-3)12-19(10-16)32-4)24(30)26-8-7-15-13-27-21-11-17(25)5-6-20(15)21/h5-6,9-14,22,27H,7-8H2,1-4H3,(H,26,30)(H,28,29). The molecule has 1 aromatic heterocycles. The van der Waals surface area contributed by atoms with E-state index in [2.05, 4.69) is 15.6 Å². The second-order valence-corrected chi connectivity index (χ2v) is 7.84. The van der Waals surface area contributed by atoms with Crippen LogP contribution in [0.5, 0.6) is 11.5 Å². The van der Waals surface area contributed by atoms with Crippen LogP contribution in [0.3, 0.4) is 0 Å². The molecule has 1 unspecified atom stereocenters. The Balaban J connectivity index is 1.63. The summed E-state index contributed by atoms with van der Waals surface area (Å²) in [5.74, 6) is -0.119. The highest BCUT2D eigenvalue weighted by Gasteiger charge is 2.25. The fourth-order valence-corrected chi connectivity index (χ4v) is 3.49. The van der Waals surface area contributed by atoms with Gasteiger partial charge in [0.15, 0.2) is 0 Å². The molecule has 0 bridgehead atoms. The number of H-pyrrole nitrogens is 1. The van der Waals surface area contributed by atoms with Gasteiger partial charge < -0.3 is 25.1 Å². The van der Waals surface area contributed by atoms with Crippen molar-refractivity contribution in [1.29, 1.82) is 0 Å². The monoisotopic (exact) mass is 441 g/mol. The van der Waals surface area contributed by atoms with E-state index >= 15 is 0 Å². The lowest BCUT2D eigenvalue weighted by Gasteiger charge is -2.22. The normalized spacial score (nSPS) is 11.9. The molecule has 3 aromatic rings. The molecule has 0 aliphatic carbocycles. The van der Waals surface area contributed by atoms with Gasteiger partial charge in [-0.1, -0.05) is 13.8 Å². The number of carbonyl (C=O) groups excluding carboxylic acids is 2. The predicted molar refractivity (Wildman–Crippen MR) is 121 cm³/mol. The minimum atomic E-state index is -0.711. The predicted octanol–water partition coefficient (Wildman–Crippen LogP) is 3.44. The minimum absolute atomic E-state index is 0.123. The molecule has 3 rings (SSSR count). The van der Waals surface area contributed by atoms with Crippen molar-refractivity contribution in [3.63, 3.8) is 0 Å². The summed E-state index contributed by atoms with van der Waals surface area (Å²) in [6, 6.07) is 8.71. The SMILES string of the molecule is COc1cc(OC)cc(C(=O)NC(C(=O)NCCc2c[nH]c3cc(F)ccc23)C(C)C)c1. The van der Waals surface area contributed by atoms with Gasteiger partial charge in [0.2, 0.25) is 5.91 Å². The average Bonchev–Trinajstić information content (AvgIpc) is 3.18. The number of hydrogen-bond donors (Lipinski definition) is 3. The fraction of sp³-hybridized carbons (Fsp3) is 0.333. The highest BCUT2D eigenvalue weighted by atomic mass is 19.1. The Hall–Kier alpha value is -3.55. The zero-order chi connectivity index (χ0) is 23.3. The maximum atomic E-state index is 13.4. The first-order valence-electron chi connectivity index (χ1n) is 10.4. The Morgan fingerprint density at radius 3 is 2.38 bits per heavy atom. The summed E-state index contributed by atoms with van der Waals surface area (Å²) in [5, 5.41) is 6.61. The summed E-state index contributed by atoms with van der Waals surface area (Å²) < 4.78 is 23.8. The van der Waals surface area contributed by atoms with Gasteiger partial charge in [-0.3, -0.25) is 9.59 Å². The minimum Gasteiger partial charge on any atom is -0.497 e. The molecule has 1 atom stereocenters. The molecule has 0 radical (unpaired) electrons. The molecule has 0 fully saturated rings. The lowest BCUT2D eigenvalue weighted by molar-refractivity contribution is -0.123. The molecule has 170 valence electrons. The molecule has 8 heteroatoms. The number of methoxy groups -OCH3 is 2. The zero-order valence-corrected chi connectivity index (χ0v) is 18.6. The Morgan fingerprint density at radius 1 is 1.06 bits per heavy atom. The van der Waals surface area contributed by atoms with Crippen LogP contribution in [0.1, 0.15) is 29.8 Å². The lowest BCUT2D eigenvalue weighted by atomic mass is 10.0. The molecule has 0 spiro atoms. The fourth-order valence-electron chi connectivity index (χ4n) is 3.49. The van der Waals surface area contributed by atoms with Crippen molar-refractivity contribution in [3.05, 3.63) is 59.5 Å². The molecule has 3 N–H and O–H groups in total. The van der Waals surface area contributed by atoms with E-state index in [-0.39, 0.29) is 17.6 Å². The number of nitrogens with one attached hydrogen (secondary N) is 3. The smallest absolute Gasteiger partial charge is 0.252 e. The van der Waals surface area contributed by atoms with Crippen LogP contribution in [0, 0.1) is 11.7 Å². The topological polar surface area (TPSA) is 92.4 Å². The van der Waals surface area contributed by atoms with Crippen LogP contribution in [0.15, 0.2) is 42.6 Å². The third kappa shape index (κ3) is 5.38. The number of ether oxygens (including phenoxy) is 2. The van der Waals surface area contributed by atoms with E-state index in [1.807, 2.05) is 20.0 Å². The van der Waals surface area contributed by atoms with E-state index in [1.165, 1.54) is 26.4 Å². The van der Waals surface area contributed by atoms with Crippen molar-refractivity contribution in [2.45, 2.75) is 26.3 Å². The first kappa shape index (κ1) is 23.1. The molecular weight excluding hydrogens is 413 g/mol. The molecule has 0 saturated carbocycles. The van der Waals surface area contributed by atoms with Gasteiger partial charge in [-0.25, -0.2) is 4.39 Å². The third-order valence-electron chi connectivity index (χ3n) is 5.27. The molecule has 32 heavy (non-hydrogen) atoms. The number of rotatable bonds is 9. The second-order valence-electron chi connectivity index (χ2n) is 7.84. The van der Waals surface area contributed by atoms with Crippen LogP contribution in [0.4, 0.5) is 4.39 Å². The first-order chi connectivity index (χ1) is 15.3. The van der Waals surface area contributed by atoms with Crippen molar-refractivity contribution >= 4 is 22.7 Å². The van der Waals surface area contributed by atoms with Crippen LogP contribution in [-0.2, 0) is 11.2 Å². The third-order valence-corrected chi connectivity index (χ3v) is 5.27. The summed E-state index contributed by atoms with van der Waals surface area (Å²) in [4.78, 5) is 28.6. The van der Waals surface area contributed by atoms with Gasteiger partial charge in [0.25, 0.3) is 5.91 Å². The van der Waals surface area contributed by atoms with Gasteiger partial charge in [-0.2, -0.15) is 0 Å². The first-order valence-corrected chi connectivity index (χ1v) is 10.4. The molecule has 2 amide bonds. The van der Waals surface area contributed by atoms with E-state index < -0.39 is 11.9 Å². The van der Waals surface area contributed by atoms with Gasteiger partial charge in [0, 0.05) is 35.3 Å². The highest BCUT2D eigenvalue weighted by molar-refractivity contribution is 5.98. The summed E-state index contributed by atoms with van der Waals surface area (Å²) >= 11 is 0. The highest BCUT2D eigenvalue weighted by Crippen LogP contribution is 2.23. The van der Waals surface area contributed by atoms with Gasteiger partial charge >= 0.3 is 0 Å². The van der Waals surface area contributed by atoms with Crippen LogP contribution in [-0.4, -0.2) is 43.6 Å². The summed E-state index contributed by atoms with van der Waals surface area (Å²) in [6.07, 6.45) is 2.39. The molecule has 1 heterocycles. The molecular formula is C24H28FN3O4. The van der Waals surface area contributed by atoms with Crippen LogP contribution in [0.2, 0.25) is 0 Å². The van der Waals surface area contributed by atoms with Crippen molar-refractivity contribution in [3.8, 4) is 11.5 Å². The van der Waals surface area contributed by atoms with E-state index in [0.29, 0.717) is 35.5 Å². The number of aromatic amines is 1. The maximum Gasteiger partial charge on any atom is 0.252 e. The summed E-state index contributed by atoms with van der Waals surface area (Å²) in [7, 11) is 3.01. The molecule has 0 aliphatic heterocycles. The number of hydrogen-bond acceptors (Lipinski definition) is 4. The summed E-state index contributed by atoms with van der Waals surface area (Å²) in [6.45, 7) is 4.12. The Bertz CT molecular complexity index is 1090. The average molecular weight is 442 g/mol. The largest absolute Gasteiger partial charge is 0.497 e. The quantitative estimate of drug-likeness (QED) is 0.474. The molecule has 0 aliphatic rings. The number of carbonyl (C=O) groups is 2. The van der Waals surface area contributed by atoms with Crippen molar-refractivity contribution in [2.24, 2.45) is 5.92 Å². The van der Waals surface area contributed by atoms with E-state index in [1.54, 1.807) is 24.3 Å². The Kier molecular flexibility index (Phi) is 7.35. The van der Waals surface area contributed by atoms with Crippen molar-refractivity contribution < 1.29 is 23.5 Å². The molecule has 0 saturated heterocycles. The van der Waals surface area contributed by atoms with Gasteiger partial charge in [-0.05, 0) is 48.2 Å².